The van der Waals surface area contributed by atoms with Crippen LogP contribution in [0.1, 0.15) is 5.56 Å². The molecule has 0 aliphatic heterocycles. The Morgan fingerprint density at radius 3 is 2.79 bits per heavy atom. The molecule has 1 N–H and O–H groups in total. The highest BCUT2D eigenvalue weighted by molar-refractivity contribution is 6.32. The second kappa shape index (κ2) is 5.27. The third kappa shape index (κ3) is 2.85. The summed E-state index contributed by atoms with van der Waals surface area (Å²) in [5.41, 5.74) is -1.04. The Morgan fingerprint density at radius 1 is 1.42 bits per heavy atom. The Balaban J connectivity index is 2.36. The van der Waals surface area contributed by atoms with Crippen LogP contribution in [0.2, 0.25) is 5.02 Å². The van der Waals surface area contributed by atoms with Crippen LogP contribution in [-0.4, -0.2) is 16.7 Å². The van der Waals surface area contributed by atoms with E-state index in [1.807, 2.05) is 4.98 Å². The Hall–Kier alpha value is -2.08. The van der Waals surface area contributed by atoms with Gasteiger partial charge in [-0.05, 0) is 17.7 Å². The average molecular weight is 285 g/mol. The zero-order valence-electron chi connectivity index (χ0n) is 9.94. The standard InChI is InChI=1S/C12H10ClFN2O3/c1-19-10-3-2-7(4-8(10)13)5-16-6-9(14)11(17)15-12(16)18/h2-4,6H,5H2,1H3,(H,15,17,18). The Kier molecular flexibility index (Phi) is 3.71. The first-order chi connectivity index (χ1) is 9.01. The maximum atomic E-state index is 13.1. The van der Waals surface area contributed by atoms with Gasteiger partial charge in [-0.3, -0.25) is 14.3 Å². The first-order valence-corrected chi connectivity index (χ1v) is 5.70. The fraction of sp³-hybridized carbons (Fsp3) is 0.167. The number of H-pyrrole nitrogens is 1. The van der Waals surface area contributed by atoms with Crippen molar-refractivity contribution in [1.29, 1.82) is 0 Å². The van der Waals surface area contributed by atoms with Gasteiger partial charge in [-0.2, -0.15) is 4.39 Å². The van der Waals surface area contributed by atoms with Crippen LogP contribution < -0.4 is 16.0 Å². The molecule has 1 heterocycles. The minimum absolute atomic E-state index is 0.0935. The van der Waals surface area contributed by atoms with E-state index in [1.165, 1.54) is 7.11 Å². The van der Waals surface area contributed by atoms with Crippen molar-refractivity contribution in [2.75, 3.05) is 7.11 Å². The molecule has 0 saturated heterocycles. The Morgan fingerprint density at radius 2 is 2.16 bits per heavy atom. The SMILES string of the molecule is COc1ccc(Cn2cc(F)c(=O)[nH]c2=O)cc1Cl. The van der Waals surface area contributed by atoms with Crippen molar-refractivity contribution in [2.45, 2.75) is 6.54 Å². The molecule has 0 saturated carbocycles. The van der Waals surface area contributed by atoms with Gasteiger partial charge < -0.3 is 4.74 Å². The lowest BCUT2D eigenvalue weighted by molar-refractivity contribution is 0.415. The number of halogens is 2. The molecule has 1 aromatic heterocycles. The number of hydrogen-bond donors (Lipinski definition) is 1. The Labute approximate surface area is 112 Å². The first-order valence-electron chi connectivity index (χ1n) is 5.33. The van der Waals surface area contributed by atoms with Gasteiger partial charge in [-0.25, -0.2) is 4.79 Å². The molecule has 0 spiro atoms. The highest BCUT2D eigenvalue weighted by Crippen LogP contribution is 2.25. The van der Waals surface area contributed by atoms with Gasteiger partial charge in [0.05, 0.1) is 24.9 Å². The normalized spacial score (nSPS) is 10.5. The summed E-state index contributed by atoms with van der Waals surface area (Å²) >= 11 is 5.95. The van der Waals surface area contributed by atoms with Crippen LogP contribution in [-0.2, 0) is 6.54 Å². The molecule has 7 heteroatoms. The van der Waals surface area contributed by atoms with Gasteiger partial charge in [0, 0.05) is 0 Å². The van der Waals surface area contributed by atoms with E-state index in [0.29, 0.717) is 16.3 Å². The predicted octanol–water partition coefficient (Wildman–Crippen LogP) is 1.39. The zero-order chi connectivity index (χ0) is 14.0. The topological polar surface area (TPSA) is 64.1 Å². The maximum absolute atomic E-state index is 13.1. The van der Waals surface area contributed by atoms with Gasteiger partial charge in [0.15, 0.2) is 0 Å². The summed E-state index contributed by atoms with van der Waals surface area (Å²) < 4.78 is 19.2. The summed E-state index contributed by atoms with van der Waals surface area (Å²) in [6.45, 7) is 0.0935. The van der Waals surface area contributed by atoms with E-state index in [-0.39, 0.29) is 6.54 Å². The summed E-state index contributed by atoms with van der Waals surface area (Å²) in [7, 11) is 1.49. The second-order valence-corrected chi connectivity index (χ2v) is 4.24. The van der Waals surface area contributed by atoms with Crippen LogP contribution in [0.5, 0.6) is 5.75 Å². The molecule has 0 bridgehead atoms. The number of hydrogen-bond acceptors (Lipinski definition) is 3. The van der Waals surface area contributed by atoms with E-state index in [0.717, 1.165) is 10.8 Å². The van der Waals surface area contributed by atoms with E-state index in [2.05, 4.69) is 0 Å². The van der Waals surface area contributed by atoms with E-state index >= 15 is 0 Å². The van der Waals surface area contributed by atoms with Crippen molar-refractivity contribution in [3.8, 4) is 5.75 Å². The van der Waals surface area contributed by atoms with E-state index in [9.17, 15) is 14.0 Å². The van der Waals surface area contributed by atoms with Gasteiger partial charge in [0.25, 0.3) is 5.56 Å². The van der Waals surface area contributed by atoms with Gasteiger partial charge in [0.2, 0.25) is 5.82 Å². The van der Waals surface area contributed by atoms with E-state index in [4.69, 9.17) is 16.3 Å². The monoisotopic (exact) mass is 284 g/mol. The van der Waals surface area contributed by atoms with Crippen LogP contribution in [0, 0.1) is 5.82 Å². The first kappa shape index (κ1) is 13.4. The molecule has 2 aromatic rings. The highest BCUT2D eigenvalue weighted by Gasteiger charge is 2.06. The van der Waals surface area contributed by atoms with Crippen molar-refractivity contribution >= 4 is 11.6 Å². The molecule has 0 radical (unpaired) electrons. The third-order valence-corrected chi connectivity index (χ3v) is 2.83. The minimum atomic E-state index is -1.03. The van der Waals surface area contributed by atoms with Crippen molar-refractivity contribution in [1.82, 2.24) is 9.55 Å². The van der Waals surface area contributed by atoms with Crippen molar-refractivity contribution in [3.63, 3.8) is 0 Å². The lowest BCUT2D eigenvalue weighted by Crippen LogP contribution is -2.31. The molecular formula is C12H10ClFN2O3. The highest BCUT2D eigenvalue weighted by atomic mass is 35.5. The van der Waals surface area contributed by atoms with Crippen molar-refractivity contribution in [3.05, 3.63) is 61.6 Å². The third-order valence-electron chi connectivity index (χ3n) is 2.54. The van der Waals surface area contributed by atoms with Crippen molar-refractivity contribution < 1.29 is 9.13 Å². The molecule has 0 aliphatic carbocycles. The molecule has 0 fully saturated rings. The molecule has 19 heavy (non-hydrogen) atoms. The van der Waals surface area contributed by atoms with Gasteiger partial charge in [0.1, 0.15) is 5.75 Å². The fourth-order valence-corrected chi connectivity index (χ4v) is 1.89. The quantitative estimate of drug-likeness (QED) is 0.926. The molecule has 100 valence electrons. The fourth-order valence-electron chi connectivity index (χ4n) is 1.61. The number of methoxy groups -OCH3 is 1. The number of aromatic amines is 1. The number of rotatable bonds is 3. The number of benzene rings is 1. The molecule has 0 atom stereocenters. The lowest BCUT2D eigenvalue weighted by Gasteiger charge is -2.08. The molecule has 0 aliphatic rings. The van der Waals surface area contributed by atoms with Crippen LogP contribution in [0.3, 0.4) is 0 Å². The second-order valence-electron chi connectivity index (χ2n) is 3.83. The Bertz CT molecular complexity index is 724. The minimum Gasteiger partial charge on any atom is -0.495 e. The summed E-state index contributed by atoms with van der Waals surface area (Å²) in [4.78, 5) is 24.3. The smallest absolute Gasteiger partial charge is 0.328 e. The molecule has 0 amide bonds. The van der Waals surface area contributed by atoms with Crippen LogP contribution in [0.25, 0.3) is 0 Å². The molecule has 5 nitrogen and oxygen atoms in total. The number of nitrogens with one attached hydrogen (secondary N) is 1. The largest absolute Gasteiger partial charge is 0.495 e. The molecule has 2 rings (SSSR count). The van der Waals surface area contributed by atoms with Crippen LogP contribution >= 0.6 is 11.6 Å². The van der Waals surface area contributed by atoms with E-state index in [1.54, 1.807) is 18.2 Å². The predicted molar refractivity (Wildman–Crippen MR) is 68.4 cm³/mol. The summed E-state index contributed by atoms with van der Waals surface area (Å²) in [5, 5.41) is 0.387. The molecule has 0 unspecified atom stereocenters. The molecule has 1 aromatic carbocycles. The number of aromatic nitrogens is 2. The van der Waals surface area contributed by atoms with Gasteiger partial charge >= 0.3 is 5.69 Å². The zero-order valence-corrected chi connectivity index (χ0v) is 10.7. The summed E-state index contributed by atoms with van der Waals surface area (Å²) in [6, 6.07) is 4.95. The number of nitrogens with zero attached hydrogens (tertiary/aromatic N) is 1. The summed E-state index contributed by atoms with van der Waals surface area (Å²) in [5.74, 6) is -0.510. The van der Waals surface area contributed by atoms with Gasteiger partial charge in [-0.1, -0.05) is 17.7 Å². The lowest BCUT2D eigenvalue weighted by atomic mass is 10.2. The average Bonchev–Trinajstić information content (AvgIpc) is 2.36. The maximum Gasteiger partial charge on any atom is 0.328 e. The summed E-state index contributed by atoms with van der Waals surface area (Å²) in [6.07, 6.45) is 0.860. The molecular weight excluding hydrogens is 275 g/mol. The van der Waals surface area contributed by atoms with Gasteiger partial charge in [-0.15, -0.1) is 0 Å². The van der Waals surface area contributed by atoms with Crippen LogP contribution in [0.4, 0.5) is 4.39 Å². The van der Waals surface area contributed by atoms with E-state index < -0.39 is 17.1 Å². The van der Waals surface area contributed by atoms with Crippen LogP contribution in [0.15, 0.2) is 34.0 Å². The van der Waals surface area contributed by atoms with Crippen molar-refractivity contribution in [2.24, 2.45) is 0 Å². The number of ether oxygens (including phenoxy) is 1.